The first kappa shape index (κ1) is 13.5. The SMILES string of the molecule is O=C(C=Cc1ccccc1)N1CCCC1c1ccncn1. The van der Waals surface area contributed by atoms with Crippen molar-refractivity contribution in [1.29, 1.82) is 0 Å². The summed E-state index contributed by atoms with van der Waals surface area (Å²) < 4.78 is 0. The first-order chi connectivity index (χ1) is 10.3. The van der Waals surface area contributed by atoms with Gasteiger partial charge in [-0.2, -0.15) is 0 Å². The van der Waals surface area contributed by atoms with Crippen molar-refractivity contribution in [2.24, 2.45) is 0 Å². The van der Waals surface area contributed by atoms with Gasteiger partial charge in [-0.1, -0.05) is 30.3 Å². The van der Waals surface area contributed by atoms with Crippen molar-refractivity contribution >= 4 is 12.0 Å². The summed E-state index contributed by atoms with van der Waals surface area (Å²) in [5, 5.41) is 0. The van der Waals surface area contributed by atoms with E-state index in [-0.39, 0.29) is 11.9 Å². The second kappa shape index (κ2) is 6.31. The molecule has 4 nitrogen and oxygen atoms in total. The van der Waals surface area contributed by atoms with E-state index in [9.17, 15) is 4.79 Å². The number of likely N-dealkylation sites (tertiary alicyclic amines) is 1. The molecule has 1 amide bonds. The predicted molar refractivity (Wildman–Crippen MR) is 81.2 cm³/mol. The van der Waals surface area contributed by atoms with Crippen molar-refractivity contribution in [2.45, 2.75) is 18.9 Å². The molecule has 1 fully saturated rings. The van der Waals surface area contributed by atoms with Gasteiger partial charge in [0.2, 0.25) is 5.91 Å². The van der Waals surface area contributed by atoms with E-state index in [1.807, 2.05) is 47.4 Å². The van der Waals surface area contributed by atoms with E-state index >= 15 is 0 Å². The van der Waals surface area contributed by atoms with E-state index in [1.165, 1.54) is 6.33 Å². The molecule has 1 saturated heterocycles. The van der Waals surface area contributed by atoms with Crippen LogP contribution in [0.15, 0.2) is 55.0 Å². The summed E-state index contributed by atoms with van der Waals surface area (Å²) >= 11 is 0. The number of carbonyl (C=O) groups is 1. The maximum atomic E-state index is 12.4. The Hall–Kier alpha value is -2.49. The molecule has 1 aromatic carbocycles. The maximum Gasteiger partial charge on any atom is 0.247 e. The molecule has 0 aliphatic carbocycles. The minimum atomic E-state index is 0.0416. The summed E-state index contributed by atoms with van der Waals surface area (Å²) in [7, 11) is 0. The molecule has 106 valence electrons. The van der Waals surface area contributed by atoms with Crippen LogP contribution in [0.1, 0.15) is 30.1 Å². The van der Waals surface area contributed by atoms with Gasteiger partial charge in [0.15, 0.2) is 0 Å². The summed E-state index contributed by atoms with van der Waals surface area (Å²) in [6.07, 6.45) is 8.74. The minimum absolute atomic E-state index is 0.0416. The highest BCUT2D eigenvalue weighted by Crippen LogP contribution is 2.30. The molecule has 0 bridgehead atoms. The molecule has 1 atom stereocenters. The molecule has 3 rings (SSSR count). The Balaban J connectivity index is 1.73. The van der Waals surface area contributed by atoms with E-state index in [4.69, 9.17) is 0 Å². The van der Waals surface area contributed by atoms with E-state index < -0.39 is 0 Å². The van der Waals surface area contributed by atoms with Crippen molar-refractivity contribution in [3.8, 4) is 0 Å². The topological polar surface area (TPSA) is 46.1 Å². The van der Waals surface area contributed by atoms with Crippen molar-refractivity contribution in [1.82, 2.24) is 14.9 Å². The Bertz CT molecular complexity index is 625. The molecule has 0 spiro atoms. The summed E-state index contributed by atoms with van der Waals surface area (Å²) in [4.78, 5) is 22.5. The monoisotopic (exact) mass is 279 g/mol. The molecule has 1 aliphatic rings. The normalized spacial score (nSPS) is 18.3. The fraction of sp³-hybridized carbons (Fsp3) is 0.235. The maximum absolute atomic E-state index is 12.4. The van der Waals surface area contributed by atoms with Gasteiger partial charge >= 0.3 is 0 Å². The summed E-state index contributed by atoms with van der Waals surface area (Å²) in [6, 6.07) is 11.8. The van der Waals surface area contributed by atoms with E-state index in [0.717, 1.165) is 30.6 Å². The molecule has 4 heteroatoms. The molecule has 0 saturated carbocycles. The lowest BCUT2D eigenvalue weighted by Crippen LogP contribution is -2.29. The first-order valence-corrected chi connectivity index (χ1v) is 7.14. The third-order valence-electron chi connectivity index (χ3n) is 3.70. The Labute approximate surface area is 124 Å². The number of aromatic nitrogens is 2. The smallest absolute Gasteiger partial charge is 0.247 e. The molecule has 1 aromatic heterocycles. The van der Waals surface area contributed by atoms with Gasteiger partial charge in [-0.25, -0.2) is 9.97 Å². The van der Waals surface area contributed by atoms with Gasteiger partial charge in [0, 0.05) is 18.8 Å². The van der Waals surface area contributed by atoms with Crippen LogP contribution in [0.4, 0.5) is 0 Å². The Morgan fingerprint density at radius 1 is 1.24 bits per heavy atom. The lowest BCUT2D eigenvalue weighted by molar-refractivity contribution is -0.126. The number of hydrogen-bond acceptors (Lipinski definition) is 3. The van der Waals surface area contributed by atoms with Crippen LogP contribution in [0.2, 0.25) is 0 Å². The standard InChI is InChI=1S/C17H17N3O/c21-17(9-8-14-5-2-1-3-6-14)20-12-4-7-16(20)15-10-11-18-13-19-15/h1-3,5-6,8-11,13,16H,4,7,12H2. The summed E-state index contributed by atoms with van der Waals surface area (Å²) in [5.74, 6) is 0.0416. The van der Waals surface area contributed by atoms with Crippen LogP contribution in [0, 0.1) is 0 Å². The molecule has 2 heterocycles. The number of benzene rings is 1. The second-order valence-electron chi connectivity index (χ2n) is 5.07. The number of amides is 1. The second-order valence-corrected chi connectivity index (χ2v) is 5.07. The highest BCUT2D eigenvalue weighted by atomic mass is 16.2. The molecule has 2 aromatic rings. The number of carbonyl (C=O) groups excluding carboxylic acids is 1. The van der Waals surface area contributed by atoms with Crippen LogP contribution in [-0.4, -0.2) is 27.3 Å². The van der Waals surface area contributed by atoms with Crippen LogP contribution in [0.3, 0.4) is 0 Å². The molecule has 0 N–H and O–H groups in total. The van der Waals surface area contributed by atoms with Gasteiger partial charge in [-0.3, -0.25) is 4.79 Å². The fourth-order valence-corrected chi connectivity index (χ4v) is 2.66. The number of nitrogens with zero attached hydrogens (tertiary/aromatic N) is 3. The van der Waals surface area contributed by atoms with Crippen LogP contribution in [0.5, 0.6) is 0 Å². The van der Waals surface area contributed by atoms with Gasteiger partial charge in [0.25, 0.3) is 0 Å². The third-order valence-corrected chi connectivity index (χ3v) is 3.70. The highest BCUT2D eigenvalue weighted by Gasteiger charge is 2.29. The quantitative estimate of drug-likeness (QED) is 0.812. The van der Waals surface area contributed by atoms with Gasteiger partial charge in [-0.15, -0.1) is 0 Å². The average molecular weight is 279 g/mol. The molecule has 1 unspecified atom stereocenters. The molecule has 0 radical (unpaired) electrons. The van der Waals surface area contributed by atoms with E-state index in [2.05, 4.69) is 9.97 Å². The van der Waals surface area contributed by atoms with Crippen LogP contribution >= 0.6 is 0 Å². The van der Waals surface area contributed by atoms with Crippen LogP contribution < -0.4 is 0 Å². The van der Waals surface area contributed by atoms with Gasteiger partial charge in [-0.05, 0) is 30.5 Å². The van der Waals surface area contributed by atoms with Crippen LogP contribution in [-0.2, 0) is 4.79 Å². The Kier molecular flexibility index (Phi) is 4.05. The average Bonchev–Trinajstić information content (AvgIpc) is 3.04. The molecule has 21 heavy (non-hydrogen) atoms. The van der Waals surface area contributed by atoms with Crippen molar-refractivity contribution in [2.75, 3.05) is 6.54 Å². The van der Waals surface area contributed by atoms with E-state index in [0.29, 0.717) is 0 Å². The zero-order chi connectivity index (χ0) is 14.5. The Morgan fingerprint density at radius 2 is 2.10 bits per heavy atom. The fourth-order valence-electron chi connectivity index (χ4n) is 2.66. The van der Waals surface area contributed by atoms with Gasteiger partial charge in [0.05, 0.1) is 11.7 Å². The molecule has 1 aliphatic heterocycles. The summed E-state index contributed by atoms with van der Waals surface area (Å²) in [5.41, 5.74) is 1.95. The zero-order valence-electron chi connectivity index (χ0n) is 11.7. The Morgan fingerprint density at radius 3 is 2.86 bits per heavy atom. The molecular weight excluding hydrogens is 262 g/mol. The van der Waals surface area contributed by atoms with Crippen molar-refractivity contribution < 1.29 is 4.79 Å². The minimum Gasteiger partial charge on any atom is -0.331 e. The summed E-state index contributed by atoms with van der Waals surface area (Å²) in [6.45, 7) is 0.784. The van der Waals surface area contributed by atoms with Gasteiger partial charge in [0.1, 0.15) is 6.33 Å². The lowest BCUT2D eigenvalue weighted by Gasteiger charge is -2.22. The number of rotatable bonds is 3. The molecular formula is C17H17N3O. The van der Waals surface area contributed by atoms with Crippen LogP contribution in [0.25, 0.3) is 6.08 Å². The predicted octanol–water partition coefficient (Wildman–Crippen LogP) is 2.85. The zero-order valence-corrected chi connectivity index (χ0v) is 11.7. The van der Waals surface area contributed by atoms with Gasteiger partial charge < -0.3 is 4.90 Å². The largest absolute Gasteiger partial charge is 0.331 e. The first-order valence-electron chi connectivity index (χ1n) is 7.14. The third kappa shape index (κ3) is 3.16. The van der Waals surface area contributed by atoms with Crippen molar-refractivity contribution in [3.05, 3.63) is 66.3 Å². The van der Waals surface area contributed by atoms with E-state index in [1.54, 1.807) is 12.3 Å². The highest BCUT2D eigenvalue weighted by molar-refractivity contribution is 5.92. The lowest BCUT2D eigenvalue weighted by atomic mass is 10.1. The number of hydrogen-bond donors (Lipinski definition) is 0. The van der Waals surface area contributed by atoms with Crippen molar-refractivity contribution in [3.63, 3.8) is 0 Å².